The average molecular weight is 337 g/mol. The predicted molar refractivity (Wildman–Crippen MR) is 87.4 cm³/mol. The summed E-state index contributed by atoms with van der Waals surface area (Å²) in [5.74, 6) is 0.330. The van der Waals surface area contributed by atoms with Crippen LogP contribution in [0.5, 0.6) is 0 Å². The number of rotatable bonds is 6. The maximum absolute atomic E-state index is 12.4. The molecule has 2 rings (SSSR count). The Morgan fingerprint density at radius 1 is 1.26 bits per heavy atom. The molecule has 1 saturated heterocycles. The molecule has 0 amide bonds. The van der Waals surface area contributed by atoms with Crippen LogP contribution in [0.2, 0.25) is 0 Å². The maximum Gasteiger partial charge on any atom is 0.240 e. The van der Waals surface area contributed by atoms with Crippen LogP contribution < -0.4 is 4.72 Å². The van der Waals surface area contributed by atoms with Crippen LogP contribution in [0, 0.1) is 17.2 Å². The highest BCUT2D eigenvalue weighted by molar-refractivity contribution is 7.89. The molecule has 1 aromatic rings. The van der Waals surface area contributed by atoms with Crippen molar-refractivity contribution in [1.29, 1.82) is 5.26 Å². The van der Waals surface area contributed by atoms with E-state index in [1.54, 1.807) is 0 Å². The van der Waals surface area contributed by atoms with Crippen LogP contribution in [-0.4, -0.2) is 52.2 Å². The van der Waals surface area contributed by atoms with Crippen molar-refractivity contribution in [3.63, 3.8) is 0 Å². The van der Waals surface area contributed by atoms with Crippen LogP contribution in [-0.2, 0) is 14.8 Å². The van der Waals surface area contributed by atoms with Gasteiger partial charge in [0.15, 0.2) is 0 Å². The van der Waals surface area contributed by atoms with Crippen molar-refractivity contribution in [3.8, 4) is 6.07 Å². The van der Waals surface area contributed by atoms with E-state index < -0.39 is 10.0 Å². The van der Waals surface area contributed by atoms with Gasteiger partial charge in [0.25, 0.3) is 0 Å². The Kier molecular flexibility index (Phi) is 6.13. The highest BCUT2D eigenvalue weighted by Crippen LogP contribution is 2.14. The standard InChI is InChI=1S/C16H23N3O3S/c1-13(2)16(19-7-9-22-10-8-19)12-18-23(20,21)15-5-3-14(11-17)4-6-15/h3-6,13,16,18H,7-10,12H2,1-2H3. The number of nitriles is 1. The molecule has 0 bridgehead atoms. The lowest BCUT2D eigenvalue weighted by molar-refractivity contribution is 0.00776. The Morgan fingerprint density at radius 3 is 2.39 bits per heavy atom. The van der Waals surface area contributed by atoms with Crippen molar-refractivity contribution in [3.05, 3.63) is 29.8 Å². The molecule has 0 aromatic heterocycles. The molecule has 23 heavy (non-hydrogen) atoms. The molecule has 1 atom stereocenters. The Morgan fingerprint density at radius 2 is 1.87 bits per heavy atom. The van der Waals surface area contributed by atoms with Gasteiger partial charge in [-0.3, -0.25) is 4.90 Å². The first-order valence-electron chi connectivity index (χ1n) is 7.75. The van der Waals surface area contributed by atoms with E-state index >= 15 is 0 Å². The van der Waals surface area contributed by atoms with E-state index in [1.807, 2.05) is 6.07 Å². The zero-order chi connectivity index (χ0) is 16.9. The van der Waals surface area contributed by atoms with Gasteiger partial charge in [0, 0.05) is 25.7 Å². The van der Waals surface area contributed by atoms with E-state index in [0.717, 1.165) is 13.1 Å². The fourth-order valence-corrected chi connectivity index (χ4v) is 3.73. The fraction of sp³-hybridized carbons (Fsp3) is 0.562. The van der Waals surface area contributed by atoms with E-state index in [2.05, 4.69) is 23.5 Å². The highest BCUT2D eigenvalue weighted by Gasteiger charge is 2.25. The minimum Gasteiger partial charge on any atom is -0.379 e. The minimum atomic E-state index is -3.57. The second kappa shape index (κ2) is 7.88. The van der Waals surface area contributed by atoms with Crippen LogP contribution in [0.3, 0.4) is 0 Å². The number of hydrogen-bond acceptors (Lipinski definition) is 5. The number of morpholine rings is 1. The summed E-state index contributed by atoms with van der Waals surface area (Å²) in [6.45, 7) is 7.56. The van der Waals surface area contributed by atoms with Gasteiger partial charge in [-0.15, -0.1) is 0 Å². The van der Waals surface area contributed by atoms with Gasteiger partial charge in [0.2, 0.25) is 10.0 Å². The average Bonchev–Trinajstić information content (AvgIpc) is 2.55. The summed E-state index contributed by atoms with van der Waals surface area (Å²) in [7, 11) is -3.57. The summed E-state index contributed by atoms with van der Waals surface area (Å²) in [6, 6.07) is 8.05. The SMILES string of the molecule is CC(C)C(CNS(=O)(=O)c1ccc(C#N)cc1)N1CCOCC1. The zero-order valence-corrected chi connectivity index (χ0v) is 14.3. The van der Waals surface area contributed by atoms with Gasteiger partial charge in [0.05, 0.1) is 29.7 Å². The van der Waals surface area contributed by atoms with E-state index in [0.29, 0.717) is 31.2 Å². The number of hydrogen-bond donors (Lipinski definition) is 1. The van der Waals surface area contributed by atoms with Crippen molar-refractivity contribution >= 4 is 10.0 Å². The lowest BCUT2D eigenvalue weighted by Gasteiger charge is -2.36. The van der Waals surface area contributed by atoms with E-state index in [4.69, 9.17) is 10.00 Å². The normalized spacial score (nSPS) is 17.8. The molecule has 6 nitrogen and oxygen atoms in total. The summed E-state index contributed by atoms with van der Waals surface area (Å²) in [6.07, 6.45) is 0. The van der Waals surface area contributed by atoms with Crippen molar-refractivity contribution in [1.82, 2.24) is 9.62 Å². The van der Waals surface area contributed by atoms with E-state index in [1.165, 1.54) is 24.3 Å². The summed E-state index contributed by atoms with van der Waals surface area (Å²) < 4.78 is 32.9. The smallest absolute Gasteiger partial charge is 0.240 e. The molecule has 0 saturated carbocycles. The molecule has 0 radical (unpaired) electrons. The Balaban J connectivity index is 2.04. The topological polar surface area (TPSA) is 82.4 Å². The zero-order valence-electron chi connectivity index (χ0n) is 13.5. The van der Waals surface area contributed by atoms with Gasteiger partial charge in [-0.05, 0) is 30.2 Å². The molecule has 1 fully saturated rings. The first-order chi connectivity index (χ1) is 10.9. The summed E-state index contributed by atoms with van der Waals surface area (Å²) in [5.41, 5.74) is 0.442. The second-order valence-electron chi connectivity index (χ2n) is 5.95. The number of nitrogens with zero attached hydrogens (tertiary/aromatic N) is 2. The number of benzene rings is 1. The van der Waals surface area contributed by atoms with Crippen molar-refractivity contribution in [2.45, 2.75) is 24.8 Å². The molecule has 1 aliphatic heterocycles. The first-order valence-corrected chi connectivity index (χ1v) is 9.24. The third kappa shape index (κ3) is 4.75. The molecule has 1 aliphatic rings. The molecule has 1 heterocycles. The van der Waals surface area contributed by atoms with Gasteiger partial charge >= 0.3 is 0 Å². The molecule has 1 aromatic carbocycles. The Hall–Kier alpha value is -1.46. The Bertz CT molecular complexity index is 644. The van der Waals surface area contributed by atoms with Crippen LogP contribution >= 0.6 is 0 Å². The lowest BCUT2D eigenvalue weighted by atomic mass is 10.0. The third-order valence-electron chi connectivity index (χ3n) is 4.06. The van der Waals surface area contributed by atoms with Crippen molar-refractivity contribution < 1.29 is 13.2 Å². The lowest BCUT2D eigenvalue weighted by Crippen LogP contribution is -2.51. The largest absolute Gasteiger partial charge is 0.379 e. The number of ether oxygens (including phenoxy) is 1. The minimum absolute atomic E-state index is 0.132. The Labute approximate surface area is 138 Å². The third-order valence-corrected chi connectivity index (χ3v) is 5.50. The monoisotopic (exact) mass is 337 g/mol. The number of nitrogens with one attached hydrogen (secondary N) is 1. The molecular weight excluding hydrogens is 314 g/mol. The molecule has 126 valence electrons. The molecule has 7 heteroatoms. The first kappa shape index (κ1) is 17.9. The highest BCUT2D eigenvalue weighted by atomic mass is 32.2. The summed E-state index contributed by atoms with van der Waals surface area (Å²) in [4.78, 5) is 2.45. The summed E-state index contributed by atoms with van der Waals surface area (Å²) >= 11 is 0. The van der Waals surface area contributed by atoms with Gasteiger partial charge < -0.3 is 4.74 Å². The predicted octanol–water partition coefficient (Wildman–Crippen LogP) is 1.19. The molecule has 1 N–H and O–H groups in total. The van der Waals surface area contributed by atoms with Gasteiger partial charge in [-0.1, -0.05) is 13.8 Å². The van der Waals surface area contributed by atoms with E-state index in [9.17, 15) is 8.42 Å². The van der Waals surface area contributed by atoms with Crippen molar-refractivity contribution in [2.24, 2.45) is 5.92 Å². The van der Waals surface area contributed by atoms with E-state index in [-0.39, 0.29) is 10.9 Å². The maximum atomic E-state index is 12.4. The number of sulfonamides is 1. The van der Waals surface area contributed by atoms with Crippen LogP contribution in [0.1, 0.15) is 19.4 Å². The summed E-state index contributed by atoms with van der Waals surface area (Å²) in [5, 5.41) is 8.78. The molecular formula is C16H23N3O3S. The van der Waals surface area contributed by atoms with Crippen LogP contribution in [0.25, 0.3) is 0 Å². The fourth-order valence-electron chi connectivity index (χ4n) is 2.68. The molecule has 0 spiro atoms. The van der Waals surface area contributed by atoms with Crippen LogP contribution in [0.15, 0.2) is 29.2 Å². The van der Waals surface area contributed by atoms with Crippen LogP contribution in [0.4, 0.5) is 0 Å². The van der Waals surface area contributed by atoms with Gasteiger partial charge in [0.1, 0.15) is 0 Å². The van der Waals surface area contributed by atoms with Gasteiger partial charge in [-0.2, -0.15) is 5.26 Å². The molecule has 1 unspecified atom stereocenters. The quantitative estimate of drug-likeness (QED) is 0.843. The van der Waals surface area contributed by atoms with Crippen molar-refractivity contribution in [2.75, 3.05) is 32.8 Å². The second-order valence-corrected chi connectivity index (χ2v) is 7.71. The molecule has 0 aliphatic carbocycles. The van der Waals surface area contributed by atoms with Gasteiger partial charge in [-0.25, -0.2) is 13.1 Å².